The third-order valence-electron chi connectivity index (χ3n) is 2.79. The van der Waals surface area contributed by atoms with Crippen LogP contribution in [0.25, 0.3) is 0 Å². The molecule has 5 nitrogen and oxygen atoms in total. The van der Waals surface area contributed by atoms with Gasteiger partial charge in [0, 0.05) is 19.8 Å². The van der Waals surface area contributed by atoms with E-state index in [4.69, 9.17) is 15.2 Å². The van der Waals surface area contributed by atoms with Gasteiger partial charge in [0.25, 0.3) is 0 Å². The average Bonchev–Trinajstić information content (AvgIpc) is 2.51. The summed E-state index contributed by atoms with van der Waals surface area (Å²) in [5, 5.41) is 2.78. The molecule has 0 amide bonds. The molecule has 0 atom stereocenters. The molecule has 24 heavy (non-hydrogen) atoms. The molecule has 0 saturated carbocycles. The molecule has 9 heteroatoms. The fourth-order valence-electron chi connectivity index (χ4n) is 1.73. The van der Waals surface area contributed by atoms with E-state index in [1.807, 2.05) is 6.92 Å². The van der Waals surface area contributed by atoms with E-state index < -0.39 is 11.7 Å². The van der Waals surface area contributed by atoms with Crippen molar-refractivity contribution in [1.82, 2.24) is 5.32 Å². The summed E-state index contributed by atoms with van der Waals surface area (Å²) in [7, 11) is 0. The van der Waals surface area contributed by atoms with E-state index in [9.17, 15) is 13.2 Å². The first-order chi connectivity index (χ1) is 10.9. The molecule has 0 saturated heterocycles. The first kappa shape index (κ1) is 22.8. The van der Waals surface area contributed by atoms with Gasteiger partial charge in [-0.1, -0.05) is 12.1 Å². The van der Waals surface area contributed by atoms with Gasteiger partial charge in [0.05, 0.1) is 12.1 Å². The van der Waals surface area contributed by atoms with Gasteiger partial charge in [-0.2, -0.15) is 13.2 Å². The number of ether oxygens (including phenoxy) is 2. The Kier molecular flexibility index (Phi) is 11.6. The summed E-state index contributed by atoms with van der Waals surface area (Å²) in [6, 6.07) is 5.08. The van der Waals surface area contributed by atoms with Gasteiger partial charge in [-0.05, 0) is 25.5 Å². The van der Waals surface area contributed by atoms with Crippen LogP contribution in [0.5, 0.6) is 5.75 Å². The SMILES string of the molecule is CCOCCCN=C(N)NCCOc1ccccc1C(F)(F)F.I. The minimum absolute atomic E-state index is 0. The molecule has 0 heterocycles. The number of hydrogen-bond donors (Lipinski definition) is 2. The van der Waals surface area contributed by atoms with Crippen molar-refractivity contribution in [2.75, 3.05) is 32.9 Å². The number of rotatable bonds is 9. The highest BCUT2D eigenvalue weighted by molar-refractivity contribution is 14.0. The van der Waals surface area contributed by atoms with Crippen LogP contribution >= 0.6 is 24.0 Å². The first-order valence-electron chi connectivity index (χ1n) is 7.35. The third kappa shape index (κ3) is 9.16. The lowest BCUT2D eigenvalue weighted by Crippen LogP contribution is -2.35. The Bertz CT molecular complexity index is 499. The number of guanidine groups is 1. The van der Waals surface area contributed by atoms with Crippen LogP contribution in [0.15, 0.2) is 29.3 Å². The molecule has 1 aromatic carbocycles. The van der Waals surface area contributed by atoms with Gasteiger partial charge in [-0.15, -0.1) is 24.0 Å². The maximum Gasteiger partial charge on any atom is 0.419 e. The van der Waals surface area contributed by atoms with Crippen molar-refractivity contribution in [1.29, 1.82) is 0 Å². The average molecular weight is 461 g/mol. The van der Waals surface area contributed by atoms with E-state index in [2.05, 4.69) is 10.3 Å². The maximum absolute atomic E-state index is 12.8. The Hall–Kier alpha value is -1.23. The van der Waals surface area contributed by atoms with Crippen LogP contribution in [0.4, 0.5) is 13.2 Å². The standard InChI is InChI=1S/C15H22F3N3O2.HI/c1-2-22-10-5-8-20-14(19)21-9-11-23-13-7-4-3-6-12(13)15(16,17)18;/h3-4,6-7H,2,5,8-11H2,1H3,(H3,19,20,21);1H. The smallest absolute Gasteiger partial charge is 0.419 e. The van der Waals surface area contributed by atoms with Crippen LogP contribution in [-0.4, -0.2) is 38.9 Å². The molecule has 0 aliphatic carbocycles. The van der Waals surface area contributed by atoms with E-state index in [0.717, 1.165) is 12.5 Å². The molecule has 0 aromatic heterocycles. The summed E-state index contributed by atoms with van der Waals surface area (Å²) in [6.07, 6.45) is -3.68. The highest BCUT2D eigenvalue weighted by atomic mass is 127. The second-order valence-corrected chi connectivity index (χ2v) is 4.59. The minimum atomic E-state index is -4.44. The Morgan fingerprint density at radius 2 is 1.96 bits per heavy atom. The molecule has 0 aliphatic heterocycles. The Morgan fingerprint density at radius 1 is 1.25 bits per heavy atom. The molecule has 1 aromatic rings. The second kappa shape index (κ2) is 12.2. The van der Waals surface area contributed by atoms with Crippen molar-refractivity contribution in [3.05, 3.63) is 29.8 Å². The second-order valence-electron chi connectivity index (χ2n) is 4.59. The van der Waals surface area contributed by atoms with Gasteiger partial charge in [-0.3, -0.25) is 4.99 Å². The number of nitrogens with one attached hydrogen (secondary N) is 1. The van der Waals surface area contributed by atoms with Gasteiger partial charge in [-0.25, -0.2) is 0 Å². The molecule has 138 valence electrons. The van der Waals surface area contributed by atoms with E-state index in [-0.39, 0.29) is 48.8 Å². The Balaban J connectivity index is 0.00000529. The molecule has 0 unspecified atom stereocenters. The first-order valence-corrected chi connectivity index (χ1v) is 7.35. The van der Waals surface area contributed by atoms with Gasteiger partial charge in [0.15, 0.2) is 5.96 Å². The number of nitrogens with two attached hydrogens (primary N) is 1. The summed E-state index contributed by atoms with van der Waals surface area (Å²) < 4.78 is 48.6. The van der Waals surface area contributed by atoms with Gasteiger partial charge in [0.2, 0.25) is 0 Å². The van der Waals surface area contributed by atoms with Crippen LogP contribution in [0.1, 0.15) is 18.9 Å². The summed E-state index contributed by atoms with van der Waals surface area (Å²) in [6.45, 7) is 4.01. The zero-order chi connectivity index (χ0) is 17.1. The van der Waals surface area contributed by atoms with Crippen molar-refractivity contribution in [3.63, 3.8) is 0 Å². The molecule has 0 spiro atoms. The summed E-state index contributed by atoms with van der Waals surface area (Å²) in [4.78, 5) is 4.07. The van der Waals surface area contributed by atoms with E-state index in [1.165, 1.54) is 18.2 Å². The highest BCUT2D eigenvalue weighted by Crippen LogP contribution is 2.35. The zero-order valence-electron chi connectivity index (χ0n) is 13.4. The monoisotopic (exact) mass is 461 g/mol. The van der Waals surface area contributed by atoms with E-state index in [1.54, 1.807) is 0 Å². The topological polar surface area (TPSA) is 68.9 Å². The van der Waals surface area contributed by atoms with Gasteiger partial charge < -0.3 is 20.5 Å². The van der Waals surface area contributed by atoms with Gasteiger partial charge in [0.1, 0.15) is 12.4 Å². The summed E-state index contributed by atoms with van der Waals surface area (Å²) in [5.74, 6) is 0.0308. The molecule has 0 bridgehead atoms. The van der Waals surface area contributed by atoms with Crippen LogP contribution in [0.2, 0.25) is 0 Å². The van der Waals surface area contributed by atoms with Crippen molar-refractivity contribution in [3.8, 4) is 5.75 Å². The molecule has 0 aliphatic rings. The lowest BCUT2D eigenvalue weighted by Gasteiger charge is -2.14. The molecular formula is C15H23F3IN3O2. The van der Waals surface area contributed by atoms with Crippen LogP contribution in [0, 0.1) is 0 Å². The lowest BCUT2D eigenvalue weighted by atomic mass is 10.2. The Morgan fingerprint density at radius 3 is 2.62 bits per heavy atom. The number of halogens is 4. The molecule has 3 N–H and O–H groups in total. The molecule has 0 fully saturated rings. The molecular weight excluding hydrogens is 438 g/mol. The minimum Gasteiger partial charge on any atom is -0.491 e. The van der Waals surface area contributed by atoms with Crippen LogP contribution in [-0.2, 0) is 10.9 Å². The number of nitrogens with zero attached hydrogens (tertiary/aromatic N) is 1. The zero-order valence-corrected chi connectivity index (χ0v) is 15.8. The number of hydrogen-bond acceptors (Lipinski definition) is 3. The fourth-order valence-corrected chi connectivity index (χ4v) is 1.73. The number of aliphatic imine (C=N–C) groups is 1. The predicted molar refractivity (Wildman–Crippen MR) is 98.0 cm³/mol. The normalized spacial score (nSPS) is 11.8. The Labute approximate surface area is 156 Å². The number of para-hydroxylation sites is 1. The maximum atomic E-state index is 12.8. The lowest BCUT2D eigenvalue weighted by molar-refractivity contribution is -0.138. The van der Waals surface area contributed by atoms with Crippen molar-refractivity contribution >= 4 is 29.9 Å². The summed E-state index contributed by atoms with van der Waals surface area (Å²) >= 11 is 0. The predicted octanol–water partition coefficient (Wildman–Crippen LogP) is 3.03. The quantitative estimate of drug-likeness (QED) is 0.257. The third-order valence-corrected chi connectivity index (χ3v) is 2.79. The highest BCUT2D eigenvalue weighted by Gasteiger charge is 2.33. The fraction of sp³-hybridized carbons (Fsp3) is 0.533. The van der Waals surface area contributed by atoms with E-state index >= 15 is 0 Å². The molecule has 0 radical (unpaired) electrons. The van der Waals surface area contributed by atoms with Crippen LogP contribution < -0.4 is 15.8 Å². The number of alkyl halides is 3. The van der Waals surface area contributed by atoms with Crippen LogP contribution in [0.3, 0.4) is 0 Å². The van der Waals surface area contributed by atoms with Gasteiger partial charge >= 0.3 is 6.18 Å². The largest absolute Gasteiger partial charge is 0.491 e. The van der Waals surface area contributed by atoms with Crippen molar-refractivity contribution in [2.45, 2.75) is 19.5 Å². The number of benzene rings is 1. The van der Waals surface area contributed by atoms with E-state index in [0.29, 0.717) is 19.8 Å². The molecule has 1 rings (SSSR count). The van der Waals surface area contributed by atoms with Crippen molar-refractivity contribution < 1.29 is 22.6 Å². The van der Waals surface area contributed by atoms with Crippen molar-refractivity contribution in [2.24, 2.45) is 10.7 Å². The summed E-state index contributed by atoms with van der Waals surface area (Å²) in [5.41, 5.74) is 4.84.